The number of halogens is 1. The Labute approximate surface area is 158 Å². The summed E-state index contributed by atoms with van der Waals surface area (Å²) < 4.78 is 11.4. The molecule has 26 heavy (non-hydrogen) atoms. The highest BCUT2D eigenvalue weighted by atomic mass is 35.5. The van der Waals surface area contributed by atoms with Crippen molar-refractivity contribution in [3.63, 3.8) is 0 Å². The van der Waals surface area contributed by atoms with Crippen LogP contribution in [0.2, 0.25) is 5.02 Å². The van der Waals surface area contributed by atoms with Crippen molar-refractivity contribution in [1.29, 1.82) is 0 Å². The SMILES string of the molecule is CCOc1cc(/C=N\NC(=O)c2ccncc2)cc(Cl)c1OCC(C)C. The Morgan fingerprint density at radius 3 is 2.69 bits per heavy atom. The summed E-state index contributed by atoms with van der Waals surface area (Å²) >= 11 is 6.33. The Balaban J connectivity index is 2.12. The van der Waals surface area contributed by atoms with E-state index in [1.165, 1.54) is 6.21 Å². The molecule has 1 aromatic heterocycles. The lowest BCUT2D eigenvalue weighted by Crippen LogP contribution is -2.17. The summed E-state index contributed by atoms with van der Waals surface area (Å²) in [6.07, 6.45) is 4.59. The molecule has 0 bridgehead atoms. The van der Waals surface area contributed by atoms with Crippen LogP contribution >= 0.6 is 11.6 Å². The summed E-state index contributed by atoms with van der Waals surface area (Å²) in [4.78, 5) is 15.8. The van der Waals surface area contributed by atoms with E-state index in [0.29, 0.717) is 46.8 Å². The van der Waals surface area contributed by atoms with Gasteiger partial charge in [-0.05, 0) is 42.7 Å². The second-order valence-electron chi connectivity index (χ2n) is 5.90. The maximum Gasteiger partial charge on any atom is 0.271 e. The summed E-state index contributed by atoms with van der Waals surface area (Å²) in [5, 5.41) is 4.39. The van der Waals surface area contributed by atoms with E-state index >= 15 is 0 Å². The quantitative estimate of drug-likeness (QED) is 0.560. The van der Waals surface area contributed by atoms with Crippen molar-refractivity contribution in [3.8, 4) is 11.5 Å². The fourth-order valence-electron chi connectivity index (χ4n) is 2.05. The second-order valence-corrected chi connectivity index (χ2v) is 6.31. The van der Waals surface area contributed by atoms with E-state index in [1.54, 1.807) is 36.7 Å². The molecule has 7 heteroatoms. The third-order valence-corrected chi connectivity index (χ3v) is 3.50. The van der Waals surface area contributed by atoms with Crippen molar-refractivity contribution >= 4 is 23.7 Å². The molecule has 0 aliphatic carbocycles. The largest absolute Gasteiger partial charge is 0.490 e. The molecule has 0 aliphatic heterocycles. The number of hydrazone groups is 1. The lowest BCUT2D eigenvalue weighted by molar-refractivity contribution is 0.0955. The van der Waals surface area contributed by atoms with Gasteiger partial charge in [0, 0.05) is 18.0 Å². The number of rotatable bonds is 8. The molecule has 138 valence electrons. The zero-order valence-electron chi connectivity index (χ0n) is 15.0. The van der Waals surface area contributed by atoms with Crippen molar-refractivity contribution in [2.24, 2.45) is 11.0 Å². The minimum atomic E-state index is -0.323. The molecule has 1 aromatic carbocycles. The van der Waals surface area contributed by atoms with E-state index in [0.717, 1.165) is 0 Å². The van der Waals surface area contributed by atoms with Gasteiger partial charge in [-0.25, -0.2) is 5.43 Å². The summed E-state index contributed by atoms with van der Waals surface area (Å²) in [5.41, 5.74) is 3.62. The van der Waals surface area contributed by atoms with Crippen LogP contribution in [0.5, 0.6) is 11.5 Å². The zero-order chi connectivity index (χ0) is 18.9. The van der Waals surface area contributed by atoms with E-state index < -0.39 is 0 Å². The van der Waals surface area contributed by atoms with Gasteiger partial charge >= 0.3 is 0 Å². The van der Waals surface area contributed by atoms with E-state index in [4.69, 9.17) is 21.1 Å². The third kappa shape index (κ3) is 5.74. The fourth-order valence-corrected chi connectivity index (χ4v) is 2.32. The minimum Gasteiger partial charge on any atom is -0.490 e. The van der Waals surface area contributed by atoms with Gasteiger partial charge in [-0.3, -0.25) is 9.78 Å². The van der Waals surface area contributed by atoms with Crippen LogP contribution in [0.1, 0.15) is 36.7 Å². The number of carbonyl (C=O) groups excluding carboxylic acids is 1. The molecule has 0 radical (unpaired) electrons. The lowest BCUT2D eigenvalue weighted by Gasteiger charge is -2.15. The van der Waals surface area contributed by atoms with Crippen LogP contribution in [-0.2, 0) is 0 Å². The number of carbonyl (C=O) groups is 1. The predicted octanol–water partition coefficient (Wildman–Crippen LogP) is 3.93. The van der Waals surface area contributed by atoms with Crippen molar-refractivity contribution < 1.29 is 14.3 Å². The number of amides is 1. The summed E-state index contributed by atoms with van der Waals surface area (Å²) in [7, 11) is 0. The molecule has 0 fully saturated rings. The van der Waals surface area contributed by atoms with Crippen molar-refractivity contribution in [2.45, 2.75) is 20.8 Å². The first-order chi connectivity index (χ1) is 12.5. The molecule has 0 unspecified atom stereocenters. The number of hydrogen-bond donors (Lipinski definition) is 1. The molecular weight excluding hydrogens is 354 g/mol. The van der Waals surface area contributed by atoms with Gasteiger partial charge in [0.15, 0.2) is 11.5 Å². The molecule has 0 saturated heterocycles. The summed E-state index contributed by atoms with van der Waals surface area (Å²) in [5.74, 6) is 1.10. The number of hydrogen-bond acceptors (Lipinski definition) is 5. The Hall–Kier alpha value is -2.60. The van der Waals surface area contributed by atoms with E-state index in [1.807, 2.05) is 6.92 Å². The zero-order valence-corrected chi connectivity index (χ0v) is 15.8. The highest BCUT2D eigenvalue weighted by Crippen LogP contribution is 2.36. The number of nitrogens with one attached hydrogen (secondary N) is 1. The highest BCUT2D eigenvalue weighted by Gasteiger charge is 2.13. The van der Waals surface area contributed by atoms with Gasteiger partial charge in [-0.15, -0.1) is 0 Å². The monoisotopic (exact) mass is 375 g/mol. The minimum absolute atomic E-state index is 0.323. The first kappa shape index (κ1) is 19.7. The van der Waals surface area contributed by atoms with Crippen LogP contribution in [0, 0.1) is 5.92 Å². The van der Waals surface area contributed by atoms with Gasteiger partial charge in [-0.2, -0.15) is 5.10 Å². The Bertz CT molecular complexity index is 764. The maximum absolute atomic E-state index is 12.0. The summed E-state index contributed by atoms with van der Waals surface area (Å²) in [6, 6.07) is 6.69. The van der Waals surface area contributed by atoms with Crippen LogP contribution in [0.3, 0.4) is 0 Å². The van der Waals surface area contributed by atoms with Crippen LogP contribution in [0.15, 0.2) is 41.8 Å². The second kappa shape index (κ2) is 9.77. The van der Waals surface area contributed by atoms with E-state index in [2.05, 4.69) is 29.4 Å². The van der Waals surface area contributed by atoms with Gasteiger partial charge in [0.1, 0.15) is 0 Å². The number of aromatic nitrogens is 1. The fraction of sp³-hybridized carbons (Fsp3) is 0.316. The molecule has 0 atom stereocenters. The van der Waals surface area contributed by atoms with Gasteiger partial charge in [-0.1, -0.05) is 25.4 Å². The van der Waals surface area contributed by atoms with E-state index in [9.17, 15) is 4.79 Å². The molecular formula is C19H22ClN3O3. The molecule has 1 heterocycles. The predicted molar refractivity (Wildman–Crippen MR) is 102 cm³/mol. The van der Waals surface area contributed by atoms with Crippen molar-refractivity contribution in [3.05, 3.63) is 52.8 Å². The Morgan fingerprint density at radius 2 is 2.04 bits per heavy atom. The van der Waals surface area contributed by atoms with Gasteiger partial charge in [0.25, 0.3) is 5.91 Å². The number of benzene rings is 1. The van der Waals surface area contributed by atoms with Crippen LogP contribution in [-0.4, -0.2) is 30.3 Å². The Morgan fingerprint density at radius 1 is 1.31 bits per heavy atom. The first-order valence-electron chi connectivity index (χ1n) is 8.33. The van der Waals surface area contributed by atoms with Crippen LogP contribution in [0.4, 0.5) is 0 Å². The highest BCUT2D eigenvalue weighted by molar-refractivity contribution is 6.32. The number of ether oxygens (including phenoxy) is 2. The van der Waals surface area contributed by atoms with Gasteiger partial charge < -0.3 is 9.47 Å². The number of pyridine rings is 1. The van der Waals surface area contributed by atoms with Crippen molar-refractivity contribution in [1.82, 2.24) is 10.4 Å². The van der Waals surface area contributed by atoms with E-state index in [-0.39, 0.29) is 5.91 Å². The molecule has 2 rings (SSSR count). The molecule has 0 saturated carbocycles. The molecule has 6 nitrogen and oxygen atoms in total. The normalized spacial score (nSPS) is 11.0. The average Bonchev–Trinajstić information content (AvgIpc) is 2.61. The number of nitrogens with zero attached hydrogens (tertiary/aromatic N) is 2. The van der Waals surface area contributed by atoms with Crippen LogP contribution < -0.4 is 14.9 Å². The molecule has 0 spiro atoms. The molecule has 0 aliphatic rings. The van der Waals surface area contributed by atoms with Gasteiger partial charge in [0.05, 0.1) is 24.5 Å². The molecule has 1 amide bonds. The molecule has 1 N–H and O–H groups in total. The molecule has 2 aromatic rings. The third-order valence-electron chi connectivity index (χ3n) is 3.21. The smallest absolute Gasteiger partial charge is 0.271 e. The lowest BCUT2D eigenvalue weighted by atomic mass is 10.2. The average molecular weight is 376 g/mol. The maximum atomic E-state index is 12.0. The summed E-state index contributed by atoms with van der Waals surface area (Å²) in [6.45, 7) is 7.01. The van der Waals surface area contributed by atoms with Gasteiger partial charge in [0.2, 0.25) is 0 Å². The standard InChI is InChI=1S/C19H22ClN3O3/c1-4-25-17-10-14(9-16(20)18(17)26-12-13(2)3)11-22-23-19(24)15-5-7-21-8-6-15/h5-11,13H,4,12H2,1-3H3,(H,23,24)/b22-11-. The van der Waals surface area contributed by atoms with Crippen molar-refractivity contribution in [2.75, 3.05) is 13.2 Å². The topological polar surface area (TPSA) is 72.8 Å². The van der Waals surface area contributed by atoms with Crippen LogP contribution in [0.25, 0.3) is 0 Å². The first-order valence-corrected chi connectivity index (χ1v) is 8.71. The Kier molecular flexibility index (Phi) is 7.41.